The summed E-state index contributed by atoms with van der Waals surface area (Å²) in [7, 11) is 0. The maximum absolute atomic E-state index is 11.8. The first kappa shape index (κ1) is 33.4. The maximum atomic E-state index is 11.8. The van der Waals surface area contributed by atoms with Gasteiger partial charge in [-0.1, -0.05) is 36.4 Å². The van der Waals surface area contributed by atoms with E-state index in [0.717, 1.165) is 84.8 Å². The number of anilines is 1. The van der Waals surface area contributed by atoms with Crippen molar-refractivity contribution in [3.63, 3.8) is 0 Å². The van der Waals surface area contributed by atoms with Crippen molar-refractivity contribution < 1.29 is 13.6 Å². The number of halogens is 3. The molecule has 3 aromatic carbocycles. The van der Waals surface area contributed by atoms with E-state index in [-0.39, 0.29) is 37.2 Å². The molecule has 44 heavy (non-hydrogen) atoms. The number of para-hydroxylation sites is 2. The van der Waals surface area contributed by atoms with Gasteiger partial charge in [0.25, 0.3) is 0 Å². The van der Waals surface area contributed by atoms with Gasteiger partial charge in [-0.15, -0.1) is 37.2 Å². The van der Waals surface area contributed by atoms with E-state index in [1.54, 1.807) is 12.3 Å². The Hall–Kier alpha value is -3.53. The van der Waals surface area contributed by atoms with E-state index in [4.69, 9.17) is 18.6 Å². The van der Waals surface area contributed by atoms with Crippen LogP contribution in [-0.4, -0.2) is 67.2 Å². The smallest absolute Gasteiger partial charge is 0.336 e. The fourth-order valence-corrected chi connectivity index (χ4v) is 5.81. The highest BCUT2D eigenvalue weighted by Crippen LogP contribution is 2.35. The summed E-state index contributed by atoms with van der Waals surface area (Å²) < 4.78 is 17.3. The van der Waals surface area contributed by atoms with Gasteiger partial charge in [0.1, 0.15) is 0 Å². The Labute approximate surface area is 273 Å². The Morgan fingerprint density at radius 2 is 1.41 bits per heavy atom. The fraction of sp³-hybridized carbons (Fsp3) is 0.273. The van der Waals surface area contributed by atoms with Gasteiger partial charge < -0.3 is 23.8 Å². The minimum Gasteiger partial charge on any atom is -0.486 e. The number of pyridine rings is 1. The molecule has 1 saturated heterocycles. The lowest BCUT2D eigenvalue weighted by Crippen LogP contribution is -2.47. The maximum Gasteiger partial charge on any atom is 0.336 e. The predicted molar refractivity (Wildman–Crippen MR) is 185 cm³/mol. The van der Waals surface area contributed by atoms with Crippen LogP contribution in [0.15, 0.2) is 92.7 Å². The van der Waals surface area contributed by atoms with Crippen LogP contribution >= 0.6 is 37.2 Å². The number of piperazine rings is 1. The second-order valence-corrected chi connectivity index (χ2v) is 10.6. The molecule has 8 nitrogen and oxygen atoms in total. The normalized spacial score (nSPS) is 13.8. The zero-order chi connectivity index (χ0) is 27.6. The van der Waals surface area contributed by atoms with E-state index in [2.05, 4.69) is 51.5 Å². The largest absolute Gasteiger partial charge is 0.486 e. The molecule has 0 atom stereocenters. The highest BCUT2D eigenvalue weighted by Gasteiger charge is 2.18. The molecule has 0 unspecified atom stereocenters. The summed E-state index contributed by atoms with van der Waals surface area (Å²) in [6.45, 7) is 7.51. The van der Waals surface area contributed by atoms with Crippen LogP contribution in [0, 0.1) is 0 Å². The van der Waals surface area contributed by atoms with Gasteiger partial charge in [0.05, 0.1) is 29.6 Å². The van der Waals surface area contributed by atoms with Crippen LogP contribution in [0.2, 0.25) is 0 Å². The van der Waals surface area contributed by atoms with Crippen molar-refractivity contribution in [2.75, 3.05) is 57.7 Å². The van der Waals surface area contributed by atoms with Crippen molar-refractivity contribution in [1.82, 2.24) is 14.8 Å². The Morgan fingerprint density at radius 1 is 0.773 bits per heavy atom. The van der Waals surface area contributed by atoms with Crippen LogP contribution in [-0.2, 0) is 0 Å². The number of nitrogens with zero attached hydrogens (tertiary/aromatic N) is 3. The molecule has 0 amide bonds. The van der Waals surface area contributed by atoms with Crippen LogP contribution in [0.25, 0.3) is 43.7 Å². The molecule has 1 fully saturated rings. The third-order valence-electron chi connectivity index (χ3n) is 7.93. The third kappa shape index (κ3) is 6.90. The van der Waals surface area contributed by atoms with E-state index in [0.29, 0.717) is 23.5 Å². The van der Waals surface area contributed by atoms with Crippen molar-refractivity contribution in [2.45, 2.75) is 6.42 Å². The molecule has 11 heteroatoms. The van der Waals surface area contributed by atoms with Crippen molar-refractivity contribution in [3.8, 4) is 5.75 Å². The summed E-state index contributed by atoms with van der Waals surface area (Å²) in [5, 5.41) is 7.81. The van der Waals surface area contributed by atoms with Crippen LogP contribution in [0.1, 0.15) is 6.42 Å². The number of fused-ring (bicyclic) bond motifs is 4. The molecule has 0 saturated carbocycles. The molecule has 0 aliphatic carbocycles. The quantitative estimate of drug-likeness (QED) is 0.101. The Kier molecular flexibility index (Phi) is 11.4. The van der Waals surface area contributed by atoms with Crippen LogP contribution in [0.5, 0.6) is 5.75 Å². The van der Waals surface area contributed by atoms with Gasteiger partial charge >= 0.3 is 5.63 Å². The molecular formula is C33H35Cl3N4O4. The lowest BCUT2D eigenvalue weighted by Gasteiger charge is -2.34. The lowest BCUT2D eigenvalue weighted by atomic mass is 10.1. The number of aromatic nitrogens is 1. The van der Waals surface area contributed by atoms with E-state index < -0.39 is 5.63 Å². The van der Waals surface area contributed by atoms with Crippen molar-refractivity contribution in [1.29, 1.82) is 0 Å². The molecule has 1 N–H and O–H groups in total. The molecule has 0 bridgehead atoms. The molecule has 0 spiro atoms. The van der Waals surface area contributed by atoms with Gasteiger partial charge in [0.2, 0.25) is 5.75 Å². The molecule has 3 aromatic heterocycles. The number of nitrogens with one attached hydrogen (secondary N) is 1. The molecule has 0 radical (unpaired) electrons. The number of hydrogen-bond acceptors (Lipinski definition) is 8. The number of rotatable bonds is 9. The van der Waals surface area contributed by atoms with E-state index in [9.17, 15) is 4.79 Å². The topological polar surface area (TPSA) is 84.0 Å². The monoisotopic (exact) mass is 656 g/mol. The average molecular weight is 658 g/mol. The standard InChI is InChI=1S/C33H32N4O4.3ClH/c38-29-11-10-23-22-24-12-21-40-31(24)33(32(23)41-29)39-20-5-14-36-16-18-37(19-17-36)15-13-34-30-25-6-1-3-8-27(25)35-28-9-4-2-7-26(28)30;;;/h1-4,6-12,21-22H,5,13-20H2,(H,34,35);3*1H. The molecular weight excluding hydrogens is 623 g/mol. The SMILES string of the molecule is Cl.Cl.Cl.O=c1ccc2cc3ccoc3c(OCCCN3CCN(CCNc4c5ccccc5nc5ccccc45)CC3)c2o1. The second kappa shape index (κ2) is 15.0. The Bertz CT molecular complexity index is 1850. The molecule has 4 heterocycles. The molecule has 232 valence electrons. The van der Waals surface area contributed by atoms with E-state index >= 15 is 0 Å². The van der Waals surface area contributed by atoms with Crippen molar-refractivity contribution >= 4 is 86.7 Å². The summed E-state index contributed by atoms with van der Waals surface area (Å²) in [6, 6.07) is 23.7. The van der Waals surface area contributed by atoms with E-state index in [1.807, 2.05) is 24.3 Å². The van der Waals surface area contributed by atoms with Crippen LogP contribution in [0.3, 0.4) is 0 Å². The van der Waals surface area contributed by atoms with Gasteiger partial charge in [0.15, 0.2) is 11.2 Å². The zero-order valence-corrected chi connectivity index (χ0v) is 26.5. The third-order valence-corrected chi connectivity index (χ3v) is 7.93. The summed E-state index contributed by atoms with van der Waals surface area (Å²) in [6.07, 6.45) is 2.50. The Balaban J connectivity index is 0.00000147. The zero-order valence-electron chi connectivity index (χ0n) is 24.1. The molecule has 7 rings (SSSR count). The van der Waals surface area contributed by atoms with Crippen LogP contribution < -0.4 is 15.7 Å². The minimum absolute atomic E-state index is 0. The highest BCUT2D eigenvalue weighted by molar-refractivity contribution is 6.07. The van der Waals surface area contributed by atoms with Crippen molar-refractivity contribution in [2.24, 2.45) is 0 Å². The van der Waals surface area contributed by atoms with Gasteiger partial charge in [0, 0.05) is 73.4 Å². The fourth-order valence-electron chi connectivity index (χ4n) is 5.81. The highest BCUT2D eigenvalue weighted by atomic mass is 35.5. The number of benzene rings is 3. The van der Waals surface area contributed by atoms with Gasteiger partial charge in [-0.05, 0) is 36.8 Å². The van der Waals surface area contributed by atoms with Gasteiger partial charge in [-0.2, -0.15) is 0 Å². The summed E-state index contributed by atoms with van der Waals surface area (Å²) in [4.78, 5) is 21.7. The van der Waals surface area contributed by atoms with Gasteiger partial charge in [-0.3, -0.25) is 4.90 Å². The van der Waals surface area contributed by atoms with Crippen molar-refractivity contribution in [3.05, 3.63) is 89.5 Å². The Morgan fingerprint density at radius 3 is 2.11 bits per heavy atom. The second-order valence-electron chi connectivity index (χ2n) is 10.6. The average Bonchev–Trinajstić information content (AvgIpc) is 3.48. The minimum atomic E-state index is -0.399. The first-order valence-electron chi connectivity index (χ1n) is 14.3. The molecule has 1 aliphatic heterocycles. The summed E-state index contributed by atoms with van der Waals surface area (Å²) >= 11 is 0. The predicted octanol–water partition coefficient (Wildman–Crippen LogP) is 7.00. The lowest BCUT2D eigenvalue weighted by molar-refractivity contribution is 0.129. The molecule has 1 aliphatic rings. The van der Waals surface area contributed by atoms with Gasteiger partial charge in [-0.25, -0.2) is 9.78 Å². The molecule has 6 aromatic rings. The first-order valence-corrected chi connectivity index (χ1v) is 14.3. The number of ether oxygens (including phenoxy) is 1. The number of furan rings is 1. The summed E-state index contributed by atoms with van der Waals surface area (Å²) in [5.74, 6) is 0.507. The first-order chi connectivity index (χ1) is 20.2. The van der Waals surface area contributed by atoms with E-state index in [1.165, 1.54) is 11.8 Å². The summed E-state index contributed by atoms with van der Waals surface area (Å²) in [5.41, 5.74) is 3.86. The van der Waals surface area contributed by atoms with Crippen LogP contribution in [0.4, 0.5) is 5.69 Å². The number of hydrogen-bond donors (Lipinski definition) is 1.